The van der Waals surface area contributed by atoms with Crippen molar-refractivity contribution in [1.29, 1.82) is 0 Å². The lowest BCUT2D eigenvalue weighted by Crippen LogP contribution is -2.48. The van der Waals surface area contributed by atoms with Crippen LogP contribution in [-0.4, -0.2) is 47.0 Å². The zero-order valence-electron chi connectivity index (χ0n) is 17.5. The molecule has 168 valence electrons. The van der Waals surface area contributed by atoms with E-state index in [2.05, 4.69) is 10.1 Å². The van der Waals surface area contributed by atoms with Crippen LogP contribution < -0.4 is 4.74 Å². The number of para-hydroxylation sites is 1. The summed E-state index contributed by atoms with van der Waals surface area (Å²) in [5.74, 6) is -0.105. The fourth-order valence-corrected chi connectivity index (χ4v) is 4.06. The van der Waals surface area contributed by atoms with E-state index in [0.717, 1.165) is 5.56 Å². The van der Waals surface area contributed by atoms with Gasteiger partial charge < -0.3 is 14.2 Å². The molecule has 1 aliphatic heterocycles. The first-order valence-electron chi connectivity index (χ1n) is 10.2. The van der Waals surface area contributed by atoms with Gasteiger partial charge >= 0.3 is 0 Å². The monoisotopic (exact) mass is 477 g/mol. The van der Waals surface area contributed by atoms with Gasteiger partial charge in [0.1, 0.15) is 12.4 Å². The lowest BCUT2D eigenvalue weighted by molar-refractivity contribution is 0.0616. The van der Waals surface area contributed by atoms with E-state index < -0.39 is 5.82 Å². The molecule has 0 N–H and O–H groups in total. The van der Waals surface area contributed by atoms with Crippen LogP contribution in [0, 0.1) is 12.7 Å². The van der Waals surface area contributed by atoms with E-state index >= 15 is 0 Å². The van der Waals surface area contributed by atoms with Crippen molar-refractivity contribution in [2.75, 3.05) is 26.2 Å². The Morgan fingerprint density at radius 1 is 1.16 bits per heavy atom. The normalized spacial score (nSPS) is 14.6. The number of nitrogens with zero attached hydrogens (tertiary/aromatic N) is 3. The molecule has 1 aromatic heterocycles. The molecule has 6 nitrogen and oxygen atoms in total. The number of piperazine rings is 1. The molecule has 3 aromatic rings. The van der Waals surface area contributed by atoms with E-state index in [0.29, 0.717) is 54.1 Å². The molecule has 1 fully saturated rings. The number of halogens is 3. The molecule has 1 amide bonds. The van der Waals surface area contributed by atoms with E-state index in [1.807, 2.05) is 12.1 Å². The third kappa shape index (κ3) is 5.06. The molecule has 9 heteroatoms. The number of carbonyl (C=O) groups is 1. The summed E-state index contributed by atoms with van der Waals surface area (Å²) in [7, 11) is 0. The number of aromatic nitrogens is 1. The minimum Gasteiger partial charge on any atom is -0.486 e. The van der Waals surface area contributed by atoms with Crippen molar-refractivity contribution in [2.24, 2.45) is 0 Å². The van der Waals surface area contributed by atoms with Crippen molar-refractivity contribution in [3.8, 4) is 5.75 Å². The average molecular weight is 478 g/mol. The largest absolute Gasteiger partial charge is 0.486 e. The highest BCUT2D eigenvalue weighted by atomic mass is 35.5. The summed E-state index contributed by atoms with van der Waals surface area (Å²) in [4.78, 5) is 17.1. The third-order valence-corrected chi connectivity index (χ3v) is 6.05. The SMILES string of the molecule is Cc1onc(C(=O)N2CCN(Cc3ccc(Cl)cc3Cl)CC2)c1COc1ccccc1F. The smallest absolute Gasteiger partial charge is 0.276 e. The maximum absolute atomic E-state index is 13.8. The van der Waals surface area contributed by atoms with E-state index in [-0.39, 0.29) is 24.0 Å². The van der Waals surface area contributed by atoms with Crippen LogP contribution in [0.2, 0.25) is 10.0 Å². The lowest BCUT2D eigenvalue weighted by atomic mass is 10.1. The summed E-state index contributed by atoms with van der Waals surface area (Å²) >= 11 is 12.2. The number of carbonyl (C=O) groups excluding carboxylic acids is 1. The Morgan fingerprint density at radius 3 is 2.62 bits per heavy atom. The Bertz CT molecular complexity index is 1110. The van der Waals surface area contributed by atoms with Gasteiger partial charge in [-0.1, -0.05) is 46.6 Å². The highest BCUT2D eigenvalue weighted by molar-refractivity contribution is 6.35. The quantitative estimate of drug-likeness (QED) is 0.501. The average Bonchev–Trinajstić information content (AvgIpc) is 3.15. The molecule has 32 heavy (non-hydrogen) atoms. The van der Waals surface area contributed by atoms with Gasteiger partial charge in [-0.3, -0.25) is 9.69 Å². The molecule has 0 spiro atoms. The van der Waals surface area contributed by atoms with Gasteiger partial charge in [-0.2, -0.15) is 0 Å². The van der Waals surface area contributed by atoms with Gasteiger partial charge in [0, 0.05) is 42.8 Å². The summed E-state index contributed by atoms with van der Waals surface area (Å²) in [6.07, 6.45) is 0. The maximum Gasteiger partial charge on any atom is 0.276 e. The standard InChI is InChI=1S/C23H22Cl2FN3O3/c1-15-18(14-31-21-5-3-2-4-20(21)26)22(27-32-15)23(30)29-10-8-28(9-11-29)13-16-6-7-17(24)12-19(16)25/h2-7,12H,8-11,13-14H2,1H3. The number of benzene rings is 2. The van der Waals surface area contributed by atoms with E-state index in [4.69, 9.17) is 32.5 Å². The Labute approximate surface area is 195 Å². The number of ether oxygens (including phenoxy) is 1. The van der Waals surface area contributed by atoms with Crippen LogP contribution in [0.15, 0.2) is 47.0 Å². The lowest BCUT2D eigenvalue weighted by Gasteiger charge is -2.34. The Kier molecular flexibility index (Phi) is 6.98. The molecule has 4 rings (SSSR count). The predicted octanol–water partition coefficient (Wildman–Crippen LogP) is 4.97. The molecule has 1 saturated heterocycles. The summed E-state index contributed by atoms with van der Waals surface area (Å²) in [5, 5.41) is 5.19. The maximum atomic E-state index is 13.8. The summed E-state index contributed by atoms with van der Waals surface area (Å²) in [6.45, 7) is 4.87. The molecule has 2 aromatic carbocycles. The van der Waals surface area contributed by atoms with Crippen LogP contribution in [0.4, 0.5) is 4.39 Å². The van der Waals surface area contributed by atoms with Crippen molar-refractivity contribution in [3.05, 3.63) is 80.9 Å². The summed E-state index contributed by atoms with van der Waals surface area (Å²) in [6, 6.07) is 11.6. The number of aryl methyl sites for hydroxylation is 1. The second-order valence-corrected chi connectivity index (χ2v) is 8.43. The van der Waals surface area contributed by atoms with Gasteiger partial charge in [0.2, 0.25) is 0 Å². The highest BCUT2D eigenvalue weighted by Gasteiger charge is 2.28. The zero-order chi connectivity index (χ0) is 22.7. The molecule has 0 atom stereocenters. The van der Waals surface area contributed by atoms with Crippen molar-refractivity contribution in [2.45, 2.75) is 20.1 Å². The number of hydrogen-bond acceptors (Lipinski definition) is 5. The third-order valence-electron chi connectivity index (χ3n) is 5.46. The summed E-state index contributed by atoms with van der Waals surface area (Å²) < 4.78 is 24.7. The second kappa shape index (κ2) is 9.90. The van der Waals surface area contributed by atoms with E-state index in [1.165, 1.54) is 12.1 Å². The Morgan fingerprint density at radius 2 is 1.91 bits per heavy atom. The molecular formula is C23H22Cl2FN3O3. The van der Waals surface area contributed by atoms with Crippen molar-refractivity contribution >= 4 is 29.1 Å². The van der Waals surface area contributed by atoms with Crippen molar-refractivity contribution in [1.82, 2.24) is 15.0 Å². The molecule has 0 radical (unpaired) electrons. The van der Waals surface area contributed by atoms with Crippen LogP contribution in [0.25, 0.3) is 0 Å². The molecule has 0 bridgehead atoms. The summed E-state index contributed by atoms with van der Waals surface area (Å²) in [5.41, 5.74) is 1.72. The molecule has 0 saturated carbocycles. The number of hydrogen-bond donors (Lipinski definition) is 0. The fourth-order valence-electron chi connectivity index (χ4n) is 3.59. The first-order valence-corrected chi connectivity index (χ1v) is 11.0. The minimum absolute atomic E-state index is 0.00757. The second-order valence-electron chi connectivity index (χ2n) is 7.59. The minimum atomic E-state index is -0.466. The van der Waals surface area contributed by atoms with Gasteiger partial charge in [-0.05, 0) is 36.8 Å². The molecule has 0 aliphatic carbocycles. The first-order chi connectivity index (χ1) is 15.4. The van der Waals surface area contributed by atoms with Gasteiger partial charge in [0.05, 0.1) is 5.56 Å². The van der Waals surface area contributed by atoms with Crippen molar-refractivity contribution < 1.29 is 18.4 Å². The first kappa shape index (κ1) is 22.6. The van der Waals surface area contributed by atoms with Crippen molar-refractivity contribution in [3.63, 3.8) is 0 Å². The van der Waals surface area contributed by atoms with Gasteiger partial charge in [-0.25, -0.2) is 4.39 Å². The molecule has 0 unspecified atom stereocenters. The fraction of sp³-hybridized carbons (Fsp3) is 0.304. The number of amides is 1. The molecular weight excluding hydrogens is 456 g/mol. The molecule has 1 aliphatic rings. The van der Waals surface area contributed by atoms with E-state index in [1.54, 1.807) is 30.0 Å². The van der Waals surface area contributed by atoms with Gasteiger partial charge in [0.25, 0.3) is 5.91 Å². The van der Waals surface area contributed by atoms with E-state index in [9.17, 15) is 9.18 Å². The van der Waals surface area contributed by atoms with Crippen LogP contribution in [-0.2, 0) is 13.2 Å². The van der Waals surface area contributed by atoms with Gasteiger partial charge in [-0.15, -0.1) is 0 Å². The highest BCUT2D eigenvalue weighted by Crippen LogP contribution is 2.24. The van der Waals surface area contributed by atoms with Crippen LogP contribution in [0.5, 0.6) is 5.75 Å². The topological polar surface area (TPSA) is 58.8 Å². The Hall–Kier alpha value is -2.61. The van der Waals surface area contributed by atoms with Crippen LogP contribution >= 0.6 is 23.2 Å². The predicted molar refractivity (Wildman–Crippen MR) is 120 cm³/mol. The van der Waals surface area contributed by atoms with Crippen LogP contribution in [0.1, 0.15) is 27.4 Å². The van der Waals surface area contributed by atoms with Gasteiger partial charge in [0.15, 0.2) is 17.3 Å². The van der Waals surface area contributed by atoms with Crippen LogP contribution in [0.3, 0.4) is 0 Å². The number of rotatable bonds is 6. The Balaban J connectivity index is 1.37. The molecule has 2 heterocycles. The zero-order valence-corrected chi connectivity index (χ0v) is 19.0.